The van der Waals surface area contributed by atoms with Gasteiger partial charge in [-0.25, -0.2) is 4.98 Å². The van der Waals surface area contributed by atoms with Gasteiger partial charge in [-0.2, -0.15) is 0 Å². The molecule has 1 aromatic rings. The molecule has 1 amide bonds. The Hall–Kier alpha value is -0.940. The molecule has 0 saturated heterocycles. The monoisotopic (exact) mass is 285 g/mol. The van der Waals surface area contributed by atoms with E-state index in [9.17, 15) is 4.79 Å². The fraction of sp³-hybridized carbons (Fsp3) is 0.455. The van der Waals surface area contributed by atoms with Crippen molar-refractivity contribution >= 4 is 27.5 Å². The average Bonchev–Trinajstić information content (AvgIpc) is 2.21. The molecular weight excluding hydrogens is 270 g/mol. The van der Waals surface area contributed by atoms with Crippen molar-refractivity contribution < 1.29 is 4.79 Å². The van der Waals surface area contributed by atoms with Crippen molar-refractivity contribution in [3.8, 4) is 0 Å². The van der Waals surface area contributed by atoms with Gasteiger partial charge in [-0.15, -0.1) is 0 Å². The molecule has 16 heavy (non-hydrogen) atoms. The summed E-state index contributed by atoms with van der Waals surface area (Å²) in [6.07, 6.45) is 3.80. The van der Waals surface area contributed by atoms with Crippen LogP contribution in [0.15, 0.2) is 22.9 Å². The van der Waals surface area contributed by atoms with Gasteiger partial charge in [0.05, 0.1) is 11.9 Å². The van der Waals surface area contributed by atoms with E-state index in [2.05, 4.69) is 26.2 Å². The summed E-state index contributed by atoms with van der Waals surface area (Å²) in [6.45, 7) is 1.94. The van der Waals surface area contributed by atoms with Crippen molar-refractivity contribution in [2.75, 3.05) is 5.32 Å². The summed E-state index contributed by atoms with van der Waals surface area (Å²) in [5.74, 6) is 0.00442. The molecule has 0 aliphatic heterocycles. The molecule has 0 bridgehead atoms. The summed E-state index contributed by atoms with van der Waals surface area (Å²) in [5.41, 5.74) is 6.32. The van der Waals surface area contributed by atoms with Crippen LogP contribution in [0.3, 0.4) is 0 Å². The molecule has 1 unspecified atom stereocenters. The second kappa shape index (κ2) is 6.60. The Kier molecular flexibility index (Phi) is 5.42. The molecule has 1 atom stereocenters. The van der Waals surface area contributed by atoms with Crippen LogP contribution in [0.5, 0.6) is 0 Å². The molecular formula is C11H16BrN3O. The fourth-order valence-corrected chi connectivity index (χ4v) is 1.49. The predicted octanol–water partition coefficient (Wildman–Crippen LogP) is 2.30. The van der Waals surface area contributed by atoms with Gasteiger partial charge in [0.25, 0.3) is 0 Å². The number of carbonyl (C=O) groups excluding carboxylic acids is 1. The van der Waals surface area contributed by atoms with Gasteiger partial charge in [-0.3, -0.25) is 4.79 Å². The summed E-state index contributed by atoms with van der Waals surface area (Å²) in [4.78, 5) is 15.5. The van der Waals surface area contributed by atoms with E-state index in [1.165, 1.54) is 0 Å². The summed E-state index contributed by atoms with van der Waals surface area (Å²) in [7, 11) is 0. The minimum atomic E-state index is 0.00442. The number of carbonyl (C=O) groups is 1. The standard InChI is InChI=1S/C11H16BrN3O/c1-8(13)3-2-4-11(16)15-9-5-6-10(12)14-7-9/h5-8H,2-4,13H2,1H3,(H,15,16). The van der Waals surface area contributed by atoms with Crippen LogP contribution in [0.4, 0.5) is 5.69 Å². The Bertz CT molecular complexity index is 338. The van der Waals surface area contributed by atoms with Crippen LogP contribution < -0.4 is 11.1 Å². The number of nitrogens with zero attached hydrogens (tertiary/aromatic N) is 1. The van der Waals surface area contributed by atoms with Gasteiger partial charge in [0, 0.05) is 12.5 Å². The van der Waals surface area contributed by atoms with Crippen molar-refractivity contribution in [3.05, 3.63) is 22.9 Å². The molecule has 0 aliphatic rings. The molecule has 1 rings (SSSR count). The van der Waals surface area contributed by atoms with E-state index in [4.69, 9.17) is 5.73 Å². The van der Waals surface area contributed by atoms with Crippen LogP contribution in [0.2, 0.25) is 0 Å². The molecule has 88 valence electrons. The molecule has 0 aliphatic carbocycles. The van der Waals surface area contributed by atoms with Gasteiger partial charge in [0.15, 0.2) is 0 Å². The van der Waals surface area contributed by atoms with Crippen molar-refractivity contribution in [3.63, 3.8) is 0 Å². The van der Waals surface area contributed by atoms with Crippen LogP contribution in [0.25, 0.3) is 0 Å². The van der Waals surface area contributed by atoms with E-state index in [1.807, 2.05) is 6.92 Å². The minimum absolute atomic E-state index is 0.00442. The third-order valence-corrected chi connectivity index (χ3v) is 2.54. The van der Waals surface area contributed by atoms with Gasteiger partial charge in [-0.1, -0.05) is 0 Å². The lowest BCUT2D eigenvalue weighted by atomic mass is 10.1. The highest BCUT2D eigenvalue weighted by molar-refractivity contribution is 9.10. The Morgan fingerprint density at radius 1 is 1.62 bits per heavy atom. The molecule has 4 nitrogen and oxygen atoms in total. The van der Waals surface area contributed by atoms with Crippen molar-refractivity contribution in [1.29, 1.82) is 0 Å². The first-order chi connectivity index (χ1) is 7.58. The second-order valence-corrected chi connectivity index (χ2v) is 4.60. The van der Waals surface area contributed by atoms with Crippen LogP contribution in [-0.2, 0) is 4.79 Å². The number of pyridine rings is 1. The number of halogens is 1. The molecule has 0 saturated carbocycles. The lowest BCUT2D eigenvalue weighted by Crippen LogP contribution is -2.16. The number of aromatic nitrogens is 1. The fourth-order valence-electron chi connectivity index (χ4n) is 1.26. The SMILES string of the molecule is CC(N)CCCC(=O)Nc1ccc(Br)nc1. The Balaban J connectivity index is 2.31. The van der Waals surface area contributed by atoms with E-state index in [0.29, 0.717) is 12.1 Å². The molecule has 0 aromatic carbocycles. The van der Waals surface area contributed by atoms with Gasteiger partial charge in [0.1, 0.15) is 4.60 Å². The van der Waals surface area contributed by atoms with Crippen LogP contribution in [-0.4, -0.2) is 16.9 Å². The number of amides is 1. The van der Waals surface area contributed by atoms with Gasteiger partial charge in [0.2, 0.25) is 5.91 Å². The highest BCUT2D eigenvalue weighted by atomic mass is 79.9. The molecule has 5 heteroatoms. The van der Waals surface area contributed by atoms with Gasteiger partial charge < -0.3 is 11.1 Å². The minimum Gasteiger partial charge on any atom is -0.328 e. The Morgan fingerprint density at radius 2 is 2.38 bits per heavy atom. The molecule has 3 N–H and O–H groups in total. The number of nitrogens with one attached hydrogen (secondary N) is 1. The van der Waals surface area contributed by atoms with E-state index in [0.717, 1.165) is 17.4 Å². The summed E-state index contributed by atoms with van der Waals surface area (Å²) < 4.78 is 0.752. The normalized spacial score (nSPS) is 12.2. The molecule has 0 spiro atoms. The quantitative estimate of drug-likeness (QED) is 0.816. The zero-order chi connectivity index (χ0) is 12.0. The zero-order valence-corrected chi connectivity index (χ0v) is 10.8. The van der Waals surface area contributed by atoms with Crippen LogP contribution >= 0.6 is 15.9 Å². The Labute approximate surface area is 104 Å². The highest BCUT2D eigenvalue weighted by Gasteiger charge is 2.03. The Morgan fingerprint density at radius 3 is 2.94 bits per heavy atom. The van der Waals surface area contributed by atoms with Crippen molar-refractivity contribution in [2.45, 2.75) is 32.2 Å². The topological polar surface area (TPSA) is 68.0 Å². The number of hydrogen-bond acceptors (Lipinski definition) is 3. The average molecular weight is 286 g/mol. The first kappa shape index (κ1) is 13.1. The first-order valence-electron chi connectivity index (χ1n) is 5.25. The molecule has 1 heterocycles. The first-order valence-corrected chi connectivity index (χ1v) is 6.04. The summed E-state index contributed by atoms with van der Waals surface area (Å²) in [5, 5.41) is 2.78. The summed E-state index contributed by atoms with van der Waals surface area (Å²) in [6, 6.07) is 3.75. The van der Waals surface area contributed by atoms with E-state index >= 15 is 0 Å². The van der Waals surface area contributed by atoms with Crippen LogP contribution in [0.1, 0.15) is 26.2 Å². The maximum Gasteiger partial charge on any atom is 0.224 e. The number of anilines is 1. The lowest BCUT2D eigenvalue weighted by Gasteiger charge is -2.06. The van der Waals surface area contributed by atoms with Crippen molar-refractivity contribution in [1.82, 2.24) is 4.98 Å². The van der Waals surface area contributed by atoms with E-state index < -0.39 is 0 Å². The van der Waals surface area contributed by atoms with E-state index in [1.54, 1.807) is 18.3 Å². The third kappa shape index (κ3) is 5.23. The lowest BCUT2D eigenvalue weighted by molar-refractivity contribution is -0.116. The molecule has 1 aromatic heterocycles. The van der Waals surface area contributed by atoms with Gasteiger partial charge in [-0.05, 0) is 47.8 Å². The molecule has 0 radical (unpaired) electrons. The van der Waals surface area contributed by atoms with Crippen LogP contribution in [0, 0.1) is 0 Å². The highest BCUT2D eigenvalue weighted by Crippen LogP contribution is 2.11. The maximum atomic E-state index is 11.5. The molecule has 0 fully saturated rings. The maximum absolute atomic E-state index is 11.5. The number of rotatable bonds is 5. The smallest absolute Gasteiger partial charge is 0.224 e. The predicted molar refractivity (Wildman–Crippen MR) is 68.1 cm³/mol. The number of nitrogens with two attached hydrogens (primary N) is 1. The zero-order valence-electron chi connectivity index (χ0n) is 9.24. The van der Waals surface area contributed by atoms with Crippen molar-refractivity contribution in [2.24, 2.45) is 5.73 Å². The van der Waals surface area contributed by atoms with Gasteiger partial charge >= 0.3 is 0 Å². The largest absolute Gasteiger partial charge is 0.328 e. The van der Waals surface area contributed by atoms with E-state index in [-0.39, 0.29) is 11.9 Å². The second-order valence-electron chi connectivity index (χ2n) is 3.79. The number of hydrogen-bond donors (Lipinski definition) is 2. The summed E-state index contributed by atoms with van der Waals surface area (Å²) >= 11 is 3.23. The third-order valence-electron chi connectivity index (χ3n) is 2.07.